The Bertz CT molecular complexity index is 557. The first-order valence-corrected chi connectivity index (χ1v) is 6.30. The fraction of sp³-hybridized carbons (Fsp3) is 0.286. The Labute approximate surface area is 112 Å². The zero-order chi connectivity index (χ0) is 13.7. The van der Waals surface area contributed by atoms with Crippen molar-refractivity contribution >= 4 is 17.3 Å². The minimum Gasteiger partial charge on any atom is -0.370 e. The molecule has 0 bridgehead atoms. The van der Waals surface area contributed by atoms with Gasteiger partial charge < -0.3 is 10.6 Å². The molecule has 0 radical (unpaired) electrons. The molecule has 1 heterocycles. The van der Waals surface area contributed by atoms with Gasteiger partial charge in [0, 0.05) is 12.6 Å². The average Bonchev–Trinajstić information content (AvgIpc) is 2.38. The summed E-state index contributed by atoms with van der Waals surface area (Å²) in [7, 11) is 0. The molecule has 0 aliphatic rings. The fourth-order valence-corrected chi connectivity index (χ4v) is 1.68. The highest BCUT2D eigenvalue weighted by Gasteiger charge is 2.05. The van der Waals surface area contributed by atoms with Gasteiger partial charge in [-0.25, -0.2) is 14.4 Å². The Morgan fingerprint density at radius 2 is 1.89 bits per heavy atom. The van der Waals surface area contributed by atoms with Gasteiger partial charge in [-0.3, -0.25) is 0 Å². The minimum atomic E-state index is -0.304. The maximum atomic E-state index is 13.6. The third-order valence-corrected chi connectivity index (χ3v) is 2.53. The number of aromatic nitrogens is 2. The van der Waals surface area contributed by atoms with E-state index >= 15 is 0 Å². The van der Waals surface area contributed by atoms with Crippen molar-refractivity contribution in [1.82, 2.24) is 9.97 Å². The van der Waals surface area contributed by atoms with E-state index in [4.69, 9.17) is 0 Å². The standard InChI is InChI=1S/C14H17FN4/c1-3-8-16-13-9-14(18-10(2)17-13)19-12-7-5-4-6-11(12)15/h4-7,9H,3,8H2,1-2H3,(H2,16,17,18,19). The highest BCUT2D eigenvalue weighted by molar-refractivity contribution is 5.59. The Morgan fingerprint density at radius 3 is 2.63 bits per heavy atom. The van der Waals surface area contributed by atoms with Crippen molar-refractivity contribution in [2.24, 2.45) is 0 Å². The topological polar surface area (TPSA) is 49.8 Å². The van der Waals surface area contributed by atoms with Crippen LogP contribution in [0.3, 0.4) is 0 Å². The molecular weight excluding hydrogens is 243 g/mol. The van der Waals surface area contributed by atoms with Crippen molar-refractivity contribution in [2.45, 2.75) is 20.3 Å². The van der Waals surface area contributed by atoms with Crippen LogP contribution in [0.5, 0.6) is 0 Å². The van der Waals surface area contributed by atoms with E-state index in [9.17, 15) is 4.39 Å². The zero-order valence-electron chi connectivity index (χ0n) is 11.1. The number of hydrogen-bond donors (Lipinski definition) is 2. The van der Waals surface area contributed by atoms with Gasteiger partial charge in [0.05, 0.1) is 5.69 Å². The molecule has 4 nitrogen and oxygen atoms in total. The Hall–Kier alpha value is -2.17. The van der Waals surface area contributed by atoms with Gasteiger partial charge in [-0.15, -0.1) is 0 Å². The monoisotopic (exact) mass is 260 g/mol. The maximum Gasteiger partial charge on any atom is 0.146 e. The van der Waals surface area contributed by atoms with Gasteiger partial charge in [-0.05, 0) is 25.5 Å². The van der Waals surface area contributed by atoms with Crippen molar-refractivity contribution in [3.05, 3.63) is 42.0 Å². The second kappa shape index (κ2) is 6.13. The Morgan fingerprint density at radius 1 is 1.16 bits per heavy atom. The first-order chi connectivity index (χ1) is 9.19. The lowest BCUT2D eigenvalue weighted by molar-refractivity contribution is 0.632. The van der Waals surface area contributed by atoms with Gasteiger partial charge in [0.15, 0.2) is 0 Å². The first-order valence-electron chi connectivity index (χ1n) is 6.30. The number of hydrogen-bond acceptors (Lipinski definition) is 4. The number of para-hydroxylation sites is 1. The van der Waals surface area contributed by atoms with Crippen LogP contribution < -0.4 is 10.6 Å². The van der Waals surface area contributed by atoms with E-state index in [0.29, 0.717) is 17.3 Å². The van der Waals surface area contributed by atoms with E-state index in [1.807, 2.05) is 6.92 Å². The van der Waals surface area contributed by atoms with Gasteiger partial charge in [0.25, 0.3) is 0 Å². The molecule has 0 saturated heterocycles. The molecule has 1 aromatic heterocycles. The van der Waals surface area contributed by atoms with E-state index in [1.54, 1.807) is 24.3 Å². The normalized spacial score (nSPS) is 10.3. The second-order valence-electron chi connectivity index (χ2n) is 4.22. The van der Waals surface area contributed by atoms with Crippen LogP contribution >= 0.6 is 0 Å². The van der Waals surface area contributed by atoms with Gasteiger partial charge in [0.1, 0.15) is 23.3 Å². The highest BCUT2D eigenvalue weighted by Crippen LogP contribution is 2.19. The van der Waals surface area contributed by atoms with Crippen LogP contribution in [-0.4, -0.2) is 16.5 Å². The number of benzene rings is 1. The summed E-state index contributed by atoms with van der Waals surface area (Å²) in [4.78, 5) is 8.53. The lowest BCUT2D eigenvalue weighted by Gasteiger charge is -2.10. The first kappa shape index (κ1) is 13.3. The molecule has 0 atom stereocenters. The zero-order valence-corrected chi connectivity index (χ0v) is 11.1. The Balaban J connectivity index is 2.20. The number of halogens is 1. The molecule has 2 rings (SSSR count). The van der Waals surface area contributed by atoms with Gasteiger partial charge in [0.2, 0.25) is 0 Å². The summed E-state index contributed by atoms with van der Waals surface area (Å²) in [5.74, 6) is 1.66. The number of nitrogens with one attached hydrogen (secondary N) is 2. The molecule has 0 aliphatic carbocycles. The largest absolute Gasteiger partial charge is 0.370 e. The van der Waals surface area contributed by atoms with Crippen LogP contribution in [0, 0.1) is 12.7 Å². The summed E-state index contributed by atoms with van der Waals surface area (Å²) in [5.41, 5.74) is 0.405. The molecule has 0 aliphatic heterocycles. The lowest BCUT2D eigenvalue weighted by Crippen LogP contribution is -2.05. The molecule has 0 fully saturated rings. The van der Waals surface area contributed by atoms with Crippen molar-refractivity contribution in [3.63, 3.8) is 0 Å². The number of rotatable bonds is 5. The summed E-state index contributed by atoms with van der Waals surface area (Å²) in [6.07, 6.45) is 1.01. The van der Waals surface area contributed by atoms with Crippen LogP contribution in [0.25, 0.3) is 0 Å². The number of aryl methyl sites for hydroxylation is 1. The van der Waals surface area contributed by atoms with Crippen LogP contribution in [0.15, 0.2) is 30.3 Å². The average molecular weight is 260 g/mol. The maximum absolute atomic E-state index is 13.6. The third kappa shape index (κ3) is 3.64. The van der Waals surface area contributed by atoms with E-state index in [1.165, 1.54) is 6.07 Å². The predicted octanol–water partition coefficient (Wildman–Crippen LogP) is 3.49. The van der Waals surface area contributed by atoms with Gasteiger partial charge in [-0.2, -0.15) is 0 Å². The Kier molecular flexibility index (Phi) is 4.28. The van der Waals surface area contributed by atoms with Gasteiger partial charge in [-0.1, -0.05) is 19.1 Å². The highest BCUT2D eigenvalue weighted by atomic mass is 19.1. The van der Waals surface area contributed by atoms with E-state index in [2.05, 4.69) is 27.5 Å². The van der Waals surface area contributed by atoms with Crippen LogP contribution in [-0.2, 0) is 0 Å². The molecule has 0 unspecified atom stereocenters. The predicted molar refractivity (Wildman–Crippen MR) is 75.2 cm³/mol. The molecule has 0 amide bonds. The van der Waals surface area contributed by atoms with Crippen molar-refractivity contribution in [3.8, 4) is 0 Å². The molecule has 0 saturated carbocycles. The molecule has 2 aromatic rings. The molecule has 1 aromatic carbocycles. The molecular formula is C14H17FN4. The van der Waals surface area contributed by atoms with Crippen LogP contribution in [0.4, 0.5) is 21.7 Å². The van der Waals surface area contributed by atoms with E-state index < -0.39 is 0 Å². The van der Waals surface area contributed by atoms with Gasteiger partial charge >= 0.3 is 0 Å². The summed E-state index contributed by atoms with van der Waals surface area (Å²) in [5, 5.41) is 6.15. The lowest BCUT2D eigenvalue weighted by atomic mass is 10.3. The minimum absolute atomic E-state index is 0.304. The smallest absolute Gasteiger partial charge is 0.146 e. The SMILES string of the molecule is CCCNc1cc(Nc2ccccc2F)nc(C)n1. The second-order valence-corrected chi connectivity index (χ2v) is 4.22. The summed E-state index contributed by atoms with van der Waals surface area (Å²) in [6.45, 7) is 4.73. The van der Waals surface area contributed by atoms with Crippen molar-refractivity contribution < 1.29 is 4.39 Å². The summed E-state index contributed by atoms with van der Waals surface area (Å²) < 4.78 is 13.6. The fourth-order valence-electron chi connectivity index (χ4n) is 1.68. The molecule has 100 valence electrons. The third-order valence-electron chi connectivity index (χ3n) is 2.53. The quantitative estimate of drug-likeness (QED) is 0.864. The van der Waals surface area contributed by atoms with E-state index in [-0.39, 0.29) is 5.82 Å². The molecule has 0 spiro atoms. The number of nitrogens with zero attached hydrogens (tertiary/aromatic N) is 2. The van der Waals surface area contributed by atoms with Crippen molar-refractivity contribution in [2.75, 3.05) is 17.2 Å². The molecule has 2 N–H and O–H groups in total. The van der Waals surface area contributed by atoms with E-state index in [0.717, 1.165) is 18.8 Å². The van der Waals surface area contributed by atoms with Crippen molar-refractivity contribution in [1.29, 1.82) is 0 Å². The number of anilines is 3. The summed E-state index contributed by atoms with van der Waals surface area (Å²) in [6, 6.07) is 8.28. The molecule has 19 heavy (non-hydrogen) atoms. The molecule has 5 heteroatoms. The van der Waals surface area contributed by atoms with Crippen LogP contribution in [0.2, 0.25) is 0 Å². The van der Waals surface area contributed by atoms with Crippen LogP contribution in [0.1, 0.15) is 19.2 Å². The summed E-state index contributed by atoms with van der Waals surface area (Å²) >= 11 is 0.